The fourth-order valence-electron chi connectivity index (χ4n) is 2.10. The average Bonchev–Trinajstić information content (AvgIpc) is 2.29. The Balaban J connectivity index is 3.89. The molecule has 0 aromatic rings. The number of thioether (sulfide) groups is 1. The van der Waals surface area contributed by atoms with Crippen LogP contribution in [0.1, 0.15) is 66.2 Å². The van der Waals surface area contributed by atoms with Crippen LogP contribution in [0.15, 0.2) is 0 Å². The highest BCUT2D eigenvalue weighted by molar-refractivity contribution is 7.99. The molecule has 0 rings (SSSR count). The van der Waals surface area contributed by atoms with Crippen LogP contribution in [0, 0.1) is 0 Å². The maximum absolute atomic E-state index is 3.65. The maximum Gasteiger partial charge on any atom is 0.0198 e. The fraction of sp³-hybridized carbons (Fsp3) is 1.00. The first-order valence-corrected chi connectivity index (χ1v) is 8.19. The van der Waals surface area contributed by atoms with Crippen molar-refractivity contribution in [1.29, 1.82) is 0 Å². The van der Waals surface area contributed by atoms with Gasteiger partial charge in [0.15, 0.2) is 0 Å². The van der Waals surface area contributed by atoms with E-state index < -0.39 is 0 Å². The highest BCUT2D eigenvalue weighted by atomic mass is 32.2. The van der Waals surface area contributed by atoms with Gasteiger partial charge in [0.05, 0.1) is 0 Å². The summed E-state index contributed by atoms with van der Waals surface area (Å²) >= 11 is 2.19. The second kappa shape index (κ2) is 11.8. The van der Waals surface area contributed by atoms with Crippen molar-refractivity contribution < 1.29 is 0 Å². The van der Waals surface area contributed by atoms with E-state index in [-0.39, 0.29) is 0 Å². The minimum atomic E-state index is 0.728. The highest BCUT2D eigenvalue weighted by Gasteiger charge is 2.18. The first-order valence-electron chi connectivity index (χ1n) is 7.14. The standard InChI is InChI=1S/C14H31NS/c1-5-9-10-12-16-14(7-3)13(11-6-2)15-8-4/h13-15H,5-12H2,1-4H3. The summed E-state index contributed by atoms with van der Waals surface area (Å²) < 4.78 is 0. The van der Waals surface area contributed by atoms with Crippen LogP contribution in [0.4, 0.5) is 0 Å². The number of unbranched alkanes of at least 4 members (excludes halogenated alkanes) is 2. The topological polar surface area (TPSA) is 12.0 Å². The summed E-state index contributed by atoms with van der Waals surface area (Å²) in [5.74, 6) is 1.35. The van der Waals surface area contributed by atoms with E-state index in [0.717, 1.165) is 17.8 Å². The fourth-order valence-corrected chi connectivity index (χ4v) is 3.47. The van der Waals surface area contributed by atoms with Crippen LogP contribution in [0.25, 0.3) is 0 Å². The molecule has 0 saturated carbocycles. The van der Waals surface area contributed by atoms with Crippen LogP contribution in [0.5, 0.6) is 0 Å². The van der Waals surface area contributed by atoms with Gasteiger partial charge in [0, 0.05) is 11.3 Å². The Labute approximate surface area is 107 Å². The van der Waals surface area contributed by atoms with E-state index in [1.165, 1.54) is 44.3 Å². The van der Waals surface area contributed by atoms with Gasteiger partial charge in [0.1, 0.15) is 0 Å². The summed E-state index contributed by atoms with van der Waals surface area (Å²) in [5.41, 5.74) is 0. The van der Waals surface area contributed by atoms with Gasteiger partial charge < -0.3 is 5.32 Å². The highest BCUT2D eigenvalue weighted by Crippen LogP contribution is 2.22. The Bertz CT molecular complexity index is 133. The summed E-state index contributed by atoms with van der Waals surface area (Å²) in [5, 5.41) is 4.47. The Morgan fingerprint density at radius 3 is 2.25 bits per heavy atom. The van der Waals surface area contributed by atoms with Gasteiger partial charge in [-0.15, -0.1) is 0 Å². The normalized spacial score (nSPS) is 15.0. The number of hydrogen-bond acceptors (Lipinski definition) is 2. The average molecular weight is 245 g/mol. The van der Waals surface area contributed by atoms with Crippen LogP contribution in [0.2, 0.25) is 0 Å². The molecule has 0 spiro atoms. The molecule has 0 heterocycles. The molecule has 2 unspecified atom stereocenters. The van der Waals surface area contributed by atoms with Gasteiger partial charge in [-0.2, -0.15) is 11.8 Å². The molecule has 0 aliphatic carbocycles. The predicted molar refractivity (Wildman–Crippen MR) is 78.4 cm³/mol. The van der Waals surface area contributed by atoms with Gasteiger partial charge in [-0.3, -0.25) is 0 Å². The van der Waals surface area contributed by atoms with Crippen LogP contribution in [0.3, 0.4) is 0 Å². The number of hydrogen-bond donors (Lipinski definition) is 1. The van der Waals surface area contributed by atoms with E-state index in [9.17, 15) is 0 Å². The van der Waals surface area contributed by atoms with Gasteiger partial charge in [-0.25, -0.2) is 0 Å². The van der Waals surface area contributed by atoms with Gasteiger partial charge in [-0.05, 0) is 31.6 Å². The first-order chi connectivity index (χ1) is 7.79. The second-order valence-electron chi connectivity index (χ2n) is 4.48. The van der Waals surface area contributed by atoms with Gasteiger partial charge in [0.25, 0.3) is 0 Å². The van der Waals surface area contributed by atoms with Crippen molar-refractivity contribution in [2.75, 3.05) is 12.3 Å². The van der Waals surface area contributed by atoms with Crippen molar-refractivity contribution in [3.05, 3.63) is 0 Å². The second-order valence-corrected chi connectivity index (χ2v) is 5.82. The van der Waals surface area contributed by atoms with Gasteiger partial charge >= 0.3 is 0 Å². The molecule has 0 amide bonds. The molecule has 2 atom stereocenters. The monoisotopic (exact) mass is 245 g/mol. The van der Waals surface area contributed by atoms with Crippen LogP contribution < -0.4 is 5.32 Å². The van der Waals surface area contributed by atoms with Gasteiger partial charge in [0.2, 0.25) is 0 Å². The van der Waals surface area contributed by atoms with Crippen LogP contribution >= 0.6 is 11.8 Å². The molecule has 0 bridgehead atoms. The summed E-state index contributed by atoms with van der Waals surface area (Å²) in [6, 6.07) is 0.728. The summed E-state index contributed by atoms with van der Waals surface area (Å²) in [6.45, 7) is 10.2. The van der Waals surface area contributed by atoms with Crippen molar-refractivity contribution in [3.8, 4) is 0 Å². The molecule has 0 aliphatic rings. The Hall–Kier alpha value is 0.310. The number of nitrogens with one attached hydrogen (secondary N) is 1. The largest absolute Gasteiger partial charge is 0.313 e. The molecule has 1 nitrogen and oxygen atoms in total. The summed E-state index contributed by atoms with van der Waals surface area (Å²) in [6.07, 6.45) is 8.04. The third-order valence-electron chi connectivity index (χ3n) is 3.00. The summed E-state index contributed by atoms with van der Waals surface area (Å²) in [7, 11) is 0. The molecule has 0 fully saturated rings. The lowest BCUT2D eigenvalue weighted by atomic mass is 10.1. The van der Waals surface area contributed by atoms with E-state index in [2.05, 4.69) is 44.8 Å². The quantitative estimate of drug-likeness (QED) is 0.539. The molecule has 0 aromatic heterocycles. The lowest BCUT2D eigenvalue weighted by Crippen LogP contribution is -2.37. The maximum atomic E-state index is 3.65. The van der Waals surface area contributed by atoms with Crippen molar-refractivity contribution >= 4 is 11.8 Å². The lowest BCUT2D eigenvalue weighted by molar-refractivity contribution is 0.465. The zero-order valence-corrected chi connectivity index (χ0v) is 12.5. The molecule has 0 aromatic carbocycles. The number of rotatable bonds is 11. The van der Waals surface area contributed by atoms with Crippen LogP contribution in [-0.2, 0) is 0 Å². The predicted octanol–water partition coefficient (Wildman–Crippen LogP) is 4.47. The molecule has 2 heteroatoms. The van der Waals surface area contributed by atoms with E-state index in [1.54, 1.807) is 0 Å². The van der Waals surface area contributed by atoms with E-state index in [1.807, 2.05) is 0 Å². The third kappa shape index (κ3) is 7.56. The lowest BCUT2D eigenvalue weighted by Gasteiger charge is -2.26. The van der Waals surface area contributed by atoms with E-state index in [4.69, 9.17) is 0 Å². The molecule has 0 radical (unpaired) electrons. The first kappa shape index (κ1) is 16.3. The molecule has 16 heavy (non-hydrogen) atoms. The molecular formula is C14H31NS. The molecule has 0 aliphatic heterocycles. The zero-order chi connectivity index (χ0) is 12.2. The molecule has 1 N–H and O–H groups in total. The SMILES string of the molecule is CCCCCSC(CC)C(CCC)NCC. The molecule has 98 valence electrons. The minimum absolute atomic E-state index is 0.728. The van der Waals surface area contributed by atoms with Crippen molar-refractivity contribution in [3.63, 3.8) is 0 Å². The van der Waals surface area contributed by atoms with Crippen molar-refractivity contribution in [2.45, 2.75) is 77.5 Å². The molecule has 0 saturated heterocycles. The Morgan fingerprint density at radius 2 is 1.75 bits per heavy atom. The van der Waals surface area contributed by atoms with Gasteiger partial charge in [-0.1, -0.05) is 47.0 Å². The molecular weight excluding hydrogens is 214 g/mol. The van der Waals surface area contributed by atoms with Crippen LogP contribution in [-0.4, -0.2) is 23.6 Å². The van der Waals surface area contributed by atoms with Crippen molar-refractivity contribution in [1.82, 2.24) is 5.32 Å². The van der Waals surface area contributed by atoms with E-state index in [0.29, 0.717) is 0 Å². The minimum Gasteiger partial charge on any atom is -0.313 e. The zero-order valence-electron chi connectivity index (χ0n) is 11.7. The Morgan fingerprint density at radius 1 is 1.00 bits per heavy atom. The summed E-state index contributed by atoms with van der Waals surface area (Å²) in [4.78, 5) is 0. The van der Waals surface area contributed by atoms with Crippen molar-refractivity contribution in [2.24, 2.45) is 0 Å². The smallest absolute Gasteiger partial charge is 0.0198 e. The Kier molecular flexibility index (Phi) is 12.0. The van der Waals surface area contributed by atoms with E-state index >= 15 is 0 Å². The third-order valence-corrected chi connectivity index (χ3v) is 4.61.